The van der Waals surface area contributed by atoms with Gasteiger partial charge in [0, 0.05) is 24.2 Å². The summed E-state index contributed by atoms with van der Waals surface area (Å²) >= 11 is 5.34. The highest BCUT2D eigenvalue weighted by molar-refractivity contribution is 7.82. The van der Waals surface area contributed by atoms with Gasteiger partial charge in [-0.05, 0) is 27.0 Å². The fourth-order valence-electron chi connectivity index (χ4n) is 0.904. The van der Waals surface area contributed by atoms with Crippen LogP contribution in [0.1, 0.15) is 39.0 Å². The van der Waals surface area contributed by atoms with Gasteiger partial charge in [-0.3, -0.25) is 14.9 Å². The normalized spacial score (nSPS) is 9.56. The lowest BCUT2D eigenvalue weighted by atomic mass is 10.1. The number of Topliss-reactive ketones (excluding diaryl/α,β-unsaturated/α-hetero) is 1. The van der Waals surface area contributed by atoms with Gasteiger partial charge in [0.05, 0.1) is 0 Å². The van der Waals surface area contributed by atoms with E-state index in [-0.39, 0.29) is 24.5 Å². The fraction of sp³-hybridized carbons (Fsp3) is 0.900. The van der Waals surface area contributed by atoms with Crippen molar-refractivity contribution < 1.29 is 9.72 Å². The minimum atomic E-state index is -0.382. The van der Waals surface area contributed by atoms with Crippen molar-refractivity contribution in [3.8, 4) is 0 Å². The molecule has 0 radical (unpaired) electrons. The second-order valence-corrected chi connectivity index (χ2v) is 7.19. The number of halogens is 1. The lowest BCUT2D eigenvalue weighted by molar-refractivity contribution is -0.480. The highest BCUT2D eigenvalue weighted by atomic mass is 35.7. The molecule has 0 fully saturated rings. The van der Waals surface area contributed by atoms with Crippen LogP contribution in [0.2, 0.25) is 0 Å². The van der Waals surface area contributed by atoms with Crippen LogP contribution in [0.25, 0.3) is 0 Å². The van der Waals surface area contributed by atoms with E-state index in [0.29, 0.717) is 19.3 Å². The molecule has 0 rings (SSSR count). The van der Waals surface area contributed by atoms with Crippen LogP contribution in [-0.4, -0.2) is 30.6 Å². The molecule has 96 valence electrons. The smallest absolute Gasteiger partial charge is 0.204 e. The van der Waals surface area contributed by atoms with Crippen molar-refractivity contribution in [1.29, 1.82) is 0 Å². The van der Waals surface area contributed by atoms with Crippen molar-refractivity contribution in [2.75, 3.05) is 19.9 Å². The number of ketones is 1. The minimum Gasteiger partial charge on any atom is -0.300 e. The maximum Gasteiger partial charge on any atom is 0.204 e. The van der Waals surface area contributed by atoms with Gasteiger partial charge in [-0.25, -0.2) is 0 Å². The molecule has 0 aliphatic carbocycles. The molecule has 0 atom stereocenters. The quantitative estimate of drug-likeness (QED) is 0.402. The summed E-state index contributed by atoms with van der Waals surface area (Å²) in [6.07, 6.45) is 3.23. The summed E-state index contributed by atoms with van der Waals surface area (Å²) in [4.78, 5) is 20.5. The standard InChI is InChI=1S/C8H15NO3.C2H6ClP/c1-2-3-5-8(10)6-4-7-9(11)12;1-4(2)3/h2-7H2,1H3;1-2H3. The van der Waals surface area contributed by atoms with E-state index in [4.69, 9.17) is 11.2 Å². The van der Waals surface area contributed by atoms with Gasteiger partial charge in [-0.2, -0.15) is 0 Å². The van der Waals surface area contributed by atoms with E-state index in [1.54, 1.807) is 0 Å². The Labute approximate surface area is 103 Å². The van der Waals surface area contributed by atoms with E-state index in [1.165, 1.54) is 0 Å². The maximum atomic E-state index is 11.0. The second-order valence-electron chi connectivity index (χ2n) is 3.59. The number of carbonyl (C=O) groups excluding carboxylic acids is 1. The molecule has 6 heteroatoms. The molecule has 0 aliphatic heterocycles. The summed E-state index contributed by atoms with van der Waals surface area (Å²) in [7, 11) is -0.148. The number of nitro groups is 1. The molecule has 0 saturated carbocycles. The first kappa shape index (κ1) is 18.2. The minimum absolute atomic E-state index is 0.0855. The van der Waals surface area contributed by atoms with Crippen LogP contribution >= 0.6 is 18.5 Å². The molecule has 4 nitrogen and oxygen atoms in total. The molecule has 0 amide bonds. The Kier molecular flexibility index (Phi) is 14.6. The Bertz CT molecular complexity index is 198. The molecule has 0 heterocycles. The van der Waals surface area contributed by atoms with Gasteiger partial charge >= 0.3 is 0 Å². The SMILES string of the molecule is CCCCC(=O)CCC[N+](=O)[O-].CP(C)Cl. The molecule has 0 aliphatic rings. The van der Waals surface area contributed by atoms with Crippen LogP contribution in [0.4, 0.5) is 0 Å². The zero-order valence-corrected chi connectivity index (χ0v) is 11.9. The third-order valence-electron chi connectivity index (χ3n) is 1.61. The van der Waals surface area contributed by atoms with Crippen LogP contribution in [0.5, 0.6) is 0 Å². The first-order valence-corrected chi connectivity index (χ1v) is 8.50. The lowest BCUT2D eigenvalue weighted by Gasteiger charge is -1.96. The second kappa shape index (κ2) is 12.9. The highest BCUT2D eigenvalue weighted by Gasteiger charge is 2.03. The molecule has 0 aromatic rings. The molecule has 0 aromatic carbocycles. The van der Waals surface area contributed by atoms with E-state index < -0.39 is 0 Å². The van der Waals surface area contributed by atoms with Gasteiger partial charge in [0.15, 0.2) is 0 Å². The van der Waals surface area contributed by atoms with Crippen molar-refractivity contribution in [2.45, 2.75) is 39.0 Å². The number of nitrogens with zero attached hydrogens (tertiary/aromatic N) is 1. The van der Waals surface area contributed by atoms with Gasteiger partial charge in [0.25, 0.3) is 0 Å². The van der Waals surface area contributed by atoms with Crippen LogP contribution in [-0.2, 0) is 4.79 Å². The van der Waals surface area contributed by atoms with Crippen molar-refractivity contribution in [1.82, 2.24) is 0 Å². The molecular formula is C10H21ClNO3P. The third kappa shape index (κ3) is 23.5. The Morgan fingerprint density at radius 2 is 1.75 bits per heavy atom. The summed E-state index contributed by atoms with van der Waals surface area (Å²) in [5.41, 5.74) is 0. The van der Waals surface area contributed by atoms with E-state index in [2.05, 4.69) is 0 Å². The van der Waals surface area contributed by atoms with E-state index >= 15 is 0 Å². The van der Waals surface area contributed by atoms with E-state index in [0.717, 1.165) is 12.8 Å². The van der Waals surface area contributed by atoms with Crippen molar-refractivity contribution >= 4 is 24.3 Å². The van der Waals surface area contributed by atoms with Crippen LogP contribution in [0.15, 0.2) is 0 Å². The molecule has 0 aromatic heterocycles. The van der Waals surface area contributed by atoms with Gasteiger partial charge in [0.1, 0.15) is 5.78 Å². The lowest BCUT2D eigenvalue weighted by Crippen LogP contribution is -2.04. The monoisotopic (exact) mass is 269 g/mol. The zero-order chi connectivity index (χ0) is 13.0. The predicted octanol–water partition coefficient (Wildman–Crippen LogP) is 3.68. The first-order chi connectivity index (χ1) is 7.40. The van der Waals surface area contributed by atoms with Gasteiger partial charge in [0.2, 0.25) is 6.54 Å². The maximum absolute atomic E-state index is 11.0. The largest absolute Gasteiger partial charge is 0.300 e. The molecule has 0 bridgehead atoms. The molecule has 0 spiro atoms. The topological polar surface area (TPSA) is 60.2 Å². The van der Waals surface area contributed by atoms with Crippen molar-refractivity contribution in [3.63, 3.8) is 0 Å². The molecule has 0 unspecified atom stereocenters. The summed E-state index contributed by atoms with van der Waals surface area (Å²) in [6, 6.07) is 0. The number of hydrogen-bond donors (Lipinski definition) is 0. The first-order valence-electron chi connectivity index (χ1n) is 5.36. The summed E-state index contributed by atoms with van der Waals surface area (Å²) in [6.45, 7) is 5.93. The summed E-state index contributed by atoms with van der Waals surface area (Å²) < 4.78 is 0. The highest BCUT2D eigenvalue weighted by Crippen LogP contribution is 2.29. The average Bonchev–Trinajstić information content (AvgIpc) is 2.13. The van der Waals surface area contributed by atoms with Crippen LogP contribution < -0.4 is 0 Å². The molecule has 16 heavy (non-hydrogen) atoms. The Hall–Kier alpha value is -0.210. The zero-order valence-electron chi connectivity index (χ0n) is 10.2. The summed E-state index contributed by atoms with van der Waals surface area (Å²) in [5, 5.41) is 9.89. The number of rotatable bonds is 7. The van der Waals surface area contributed by atoms with Gasteiger partial charge in [-0.1, -0.05) is 24.6 Å². The molecular weight excluding hydrogens is 249 g/mol. The predicted molar refractivity (Wildman–Crippen MR) is 70.2 cm³/mol. The number of unbranched alkanes of at least 4 members (excludes halogenated alkanes) is 1. The van der Waals surface area contributed by atoms with E-state index in [1.807, 2.05) is 20.3 Å². The Balaban J connectivity index is 0. The number of hydrogen-bond acceptors (Lipinski definition) is 3. The van der Waals surface area contributed by atoms with Crippen LogP contribution in [0.3, 0.4) is 0 Å². The average molecular weight is 270 g/mol. The van der Waals surface area contributed by atoms with Crippen LogP contribution in [0, 0.1) is 10.1 Å². The molecule has 0 saturated heterocycles. The Morgan fingerprint density at radius 1 is 1.31 bits per heavy atom. The third-order valence-corrected chi connectivity index (χ3v) is 1.61. The fourth-order valence-corrected chi connectivity index (χ4v) is 0.904. The van der Waals surface area contributed by atoms with Gasteiger partial charge < -0.3 is 0 Å². The van der Waals surface area contributed by atoms with Crippen molar-refractivity contribution in [2.24, 2.45) is 0 Å². The van der Waals surface area contributed by atoms with Gasteiger partial charge in [-0.15, -0.1) is 0 Å². The number of carbonyl (C=O) groups is 1. The van der Waals surface area contributed by atoms with Crippen molar-refractivity contribution in [3.05, 3.63) is 10.1 Å². The Morgan fingerprint density at radius 3 is 2.12 bits per heavy atom. The molecule has 0 N–H and O–H groups in total. The summed E-state index contributed by atoms with van der Waals surface area (Å²) in [5.74, 6) is 0.152. The van der Waals surface area contributed by atoms with E-state index in [9.17, 15) is 14.9 Å².